The molecule has 0 spiro atoms. The molecule has 0 radical (unpaired) electrons. The van der Waals surface area contributed by atoms with Gasteiger partial charge in [0.25, 0.3) is 5.91 Å². The lowest BCUT2D eigenvalue weighted by Gasteiger charge is -2.35. The molecule has 5 nitrogen and oxygen atoms in total. The van der Waals surface area contributed by atoms with E-state index < -0.39 is 0 Å². The van der Waals surface area contributed by atoms with Crippen LogP contribution in [0.3, 0.4) is 0 Å². The molecule has 22 heavy (non-hydrogen) atoms. The monoisotopic (exact) mass is 304 g/mol. The molecule has 1 saturated carbocycles. The predicted molar refractivity (Wildman–Crippen MR) is 82.8 cm³/mol. The van der Waals surface area contributed by atoms with E-state index in [1.165, 1.54) is 12.8 Å². The number of carbonyl (C=O) groups excluding carboxylic acids is 1. The largest absolute Gasteiger partial charge is 0.477 e. The average Bonchev–Trinajstić information content (AvgIpc) is 3.38. The van der Waals surface area contributed by atoms with Gasteiger partial charge in [0.15, 0.2) is 0 Å². The van der Waals surface area contributed by atoms with Crippen LogP contribution in [-0.2, 0) is 0 Å². The smallest absolute Gasteiger partial charge is 0.254 e. The van der Waals surface area contributed by atoms with Gasteiger partial charge in [0.1, 0.15) is 0 Å². The van der Waals surface area contributed by atoms with E-state index >= 15 is 0 Å². The van der Waals surface area contributed by atoms with Gasteiger partial charge >= 0.3 is 0 Å². The quantitative estimate of drug-likeness (QED) is 0.875. The highest BCUT2D eigenvalue weighted by molar-refractivity contribution is 5.94. The molecule has 1 saturated heterocycles. The highest BCUT2D eigenvalue weighted by atomic mass is 16.5. The Hall–Kier alpha value is -1.62. The van der Waals surface area contributed by atoms with E-state index in [0.717, 1.165) is 25.8 Å². The Morgan fingerprint density at radius 3 is 3.00 bits per heavy atom. The molecule has 0 bridgehead atoms. The fourth-order valence-corrected chi connectivity index (χ4v) is 2.99. The van der Waals surface area contributed by atoms with E-state index in [4.69, 9.17) is 4.74 Å². The van der Waals surface area contributed by atoms with Crippen LogP contribution in [0.4, 0.5) is 0 Å². The maximum atomic E-state index is 12.7. The van der Waals surface area contributed by atoms with Gasteiger partial charge in [0.2, 0.25) is 5.88 Å². The van der Waals surface area contributed by atoms with Crippen molar-refractivity contribution in [2.24, 2.45) is 5.92 Å². The van der Waals surface area contributed by atoms with E-state index in [1.54, 1.807) is 18.3 Å². The number of aliphatic hydroxyl groups excluding tert-OH is 1. The normalized spacial score (nSPS) is 21.7. The topological polar surface area (TPSA) is 62.7 Å². The van der Waals surface area contributed by atoms with E-state index in [0.29, 0.717) is 30.4 Å². The molecular formula is C17H24N2O3. The maximum absolute atomic E-state index is 12.7. The summed E-state index contributed by atoms with van der Waals surface area (Å²) in [5.41, 5.74) is 0.630. The number of hydrogen-bond donors (Lipinski definition) is 1. The van der Waals surface area contributed by atoms with Gasteiger partial charge in [-0.15, -0.1) is 0 Å². The van der Waals surface area contributed by atoms with Crippen LogP contribution >= 0.6 is 0 Å². The minimum atomic E-state index is 0.0248. The van der Waals surface area contributed by atoms with Crippen LogP contribution in [0.5, 0.6) is 5.88 Å². The van der Waals surface area contributed by atoms with Crippen LogP contribution in [0, 0.1) is 5.92 Å². The lowest BCUT2D eigenvalue weighted by Crippen LogP contribution is -2.44. The summed E-state index contributed by atoms with van der Waals surface area (Å²) < 4.78 is 5.66. The number of nitrogens with zero attached hydrogens (tertiary/aromatic N) is 2. The third-order valence-corrected chi connectivity index (χ3v) is 4.50. The maximum Gasteiger partial charge on any atom is 0.254 e. The standard InChI is InChI=1S/C17H24N2O3/c20-10-7-15-3-1-2-9-19(15)17(21)14-6-8-18-16(11-14)22-12-13-4-5-13/h6,8,11,13,15,20H,1-5,7,9-10,12H2/t15-/m0/s1. The van der Waals surface area contributed by atoms with Crippen LogP contribution in [-0.4, -0.2) is 46.7 Å². The zero-order valence-corrected chi connectivity index (χ0v) is 12.9. The Labute approximate surface area is 131 Å². The fourth-order valence-electron chi connectivity index (χ4n) is 2.99. The van der Waals surface area contributed by atoms with Gasteiger partial charge in [-0.2, -0.15) is 0 Å². The summed E-state index contributed by atoms with van der Waals surface area (Å²) >= 11 is 0. The molecule has 1 aliphatic heterocycles. The highest BCUT2D eigenvalue weighted by Gasteiger charge is 2.27. The number of piperidine rings is 1. The lowest BCUT2D eigenvalue weighted by atomic mass is 9.98. The van der Waals surface area contributed by atoms with Crippen LogP contribution in [0.25, 0.3) is 0 Å². The number of amides is 1. The van der Waals surface area contributed by atoms with Crippen molar-refractivity contribution >= 4 is 5.91 Å². The van der Waals surface area contributed by atoms with Crippen LogP contribution in [0.2, 0.25) is 0 Å². The van der Waals surface area contributed by atoms with Gasteiger partial charge in [-0.3, -0.25) is 4.79 Å². The Morgan fingerprint density at radius 1 is 1.36 bits per heavy atom. The van der Waals surface area contributed by atoms with Crippen molar-refractivity contribution in [3.05, 3.63) is 23.9 Å². The van der Waals surface area contributed by atoms with Gasteiger partial charge in [-0.05, 0) is 50.5 Å². The Balaban J connectivity index is 1.68. The van der Waals surface area contributed by atoms with E-state index in [9.17, 15) is 9.90 Å². The molecule has 1 aliphatic carbocycles. The molecule has 1 amide bonds. The average molecular weight is 304 g/mol. The molecule has 1 aromatic rings. The number of aromatic nitrogens is 1. The molecule has 1 aromatic heterocycles. The van der Waals surface area contributed by atoms with E-state index in [-0.39, 0.29) is 18.6 Å². The number of rotatable bonds is 6. The molecule has 2 fully saturated rings. The first kappa shape index (κ1) is 15.3. The number of pyridine rings is 1. The summed E-state index contributed by atoms with van der Waals surface area (Å²) in [7, 11) is 0. The van der Waals surface area contributed by atoms with Crippen molar-refractivity contribution in [2.45, 2.75) is 44.6 Å². The van der Waals surface area contributed by atoms with Crippen LogP contribution < -0.4 is 4.74 Å². The Bertz CT molecular complexity index is 514. The van der Waals surface area contributed by atoms with Crippen molar-refractivity contribution in [1.82, 2.24) is 9.88 Å². The first-order valence-corrected chi connectivity index (χ1v) is 8.28. The molecule has 1 N–H and O–H groups in total. The number of aliphatic hydroxyl groups is 1. The molecule has 0 unspecified atom stereocenters. The molecule has 3 rings (SSSR count). The van der Waals surface area contributed by atoms with Gasteiger partial charge in [-0.25, -0.2) is 4.98 Å². The number of carbonyl (C=O) groups is 1. The van der Waals surface area contributed by atoms with Gasteiger partial charge in [0.05, 0.1) is 6.61 Å². The first-order chi connectivity index (χ1) is 10.8. The SMILES string of the molecule is O=C(c1ccnc(OCC2CC2)c1)N1CCCC[C@H]1CCO. The van der Waals surface area contributed by atoms with Gasteiger partial charge < -0.3 is 14.7 Å². The second-order valence-electron chi connectivity index (χ2n) is 6.30. The zero-order valence-electron chi connectivity index (χ0n) is 12.9. The molecule has 120 valence electrons. The minimum absolute atomic E-state index is 0.0248. The van der Waals surface area contributed by atoms with Crippen molar-refractivity contribution in [2.75, 3.05) is 19.8 Å². The van der Waals surface area contributed by atoms with Crippen molar-refractivity contribution in [3.63, 3.8) is 0 Å². The molecule has 2 heterocycles. The molecular weight excluding hydrogens is 280 g/mol. The van der Waals surface area contributed by atoms with E-state index in [1.807, 2.05) is 4.90 Å². The van der Waals surface area contributed by atoms with Crippen molar-refractivity contribution in [1.29, 1.82) is 0 Å². The number of likely N-dealkylation sites (tertiary alicyclic amines) is 1. The Kier molecular flexibility index (Phi) is 4.93. The number of ether oxygens (including phenoxy) is 1. The zero-order chi connectivity index (χ0) is 15.4. The Morgan fingerprint density at radius 2 is 2.23 bits per heavy atom. The third kappa shape index (κ3) is 3.77. The summed E-state index contributed by atoms with van der Waals surface area (Å²) in [6, 6.07) is 3.64. The van der Waals surface area contributed by atoms with Crippen molar-refractivity contribution in [3.8, 4) is 5.88 Å². The summed E-state index contributed by atoms with van der Waals surface area (Å²) in [5.74, 6) is 1.22. The fraction of sp³-hybridized carbons (Fsp3) is 0.647. The van der Waals surface area contributed by atoms with Crippen molar-refractivity contribution < 1.29 is 14.6 Å². The summed E-state index contributed by atoms with van der Waals surface area (Å²) in [6.45, 7) is 1.59. The third-order valence-electron chi connectivity index (χ3n) is 4.50. The second kappa shape index (κ2) is 7.09. The van der Waals surface area contributed by atoms with E-state index in [2.05, 4.69) is 4.98 Å². The molecule has 5 heteroatoms. The highest BCUT2D eigenvalue weighted by Crippen LogP contribution is 2.29. The minimum Gasteiger partial charge on any atom is -0.477 e. The van der Waals surface area contributed by atoms with Gasteiger partial charge in [0, 0.05) is 37.0 Å². The first-order valence-electron chi connectivity index (χ1n) is 8.28. The molecule has 0 aromatic carbocycles. The van der Waals surface area contributed by atoms with Gasteiger partial charge in [-0.1, -0.05) is 0 Å². The van der Waals surface area contributed by atoms with Crippen LogP contribution in [0.1, 0.15) is 48.9 Å². The number of hydrogen-bond acceptors (Lipinski definition) is 4. The predicted octanol–water partition coefficient (Wildman–Crippen LogP) is 2.25. The molecule has 2 aliphatic rings. The lowest BCUT2D eigenvalue weighted by molar-refractivity contribution is 0.0574. The second-order valence-corrected chi connectivity index (χ2v) is 6.30. The summed E-state index contributed by atoms with van der Waals surface area (Å²) in [4.78, 5) is 18.8. The molecule has 1 atom stereocenters. The summed E-state index contributed by atoms with van der Waals surface area (Å²) in [5, 5.41) is 9.19. The summed E-state index contributed by atoms with van der Waals surface area (Å²) in [6.07, 6.45) is 7.89. The van der Waals surface area contributed by atoms with Crippen LogP contribution in [0.15, 0.2) is 18.3 Å².